The normalized spacial score (nSPS) is 16.6. The van der Waals surface area contributed by atoms with Crippen LogP contribution in [0.3, 0.4) is 0 Å². The van der Waals surface area contributed by atoms with E-state index in [9.17, 15) is 4.79 Å². The second kappa shape index (κ2) is 5.15. The molecular formula is C14H17NO2. The number of benzene rings is 1. The first-order chi connectivity index (χ1) is 8.15. The van der Waals surface area contributed by atoms with E-state index in [0.717, 1.165) is 19.6 Å². The van der Waals surface area contributed by atoms with Gasteiger partial charge in [0.25, 0.3) is 0 Å². The lowest BCUT2D eigenvalue weighted by Gasteiger charge is -2.25. The molecule has 1 aliphatic heterocycles. The first kappa shape index (κ1) is 11.9. The lowest BCUT2D eigenvalue weighted by Crippen LogP contribution is -2.29. The quantitative estimate of drug-likeness (QED) is 0.867. The van der Waals surface area contributed by atoms with Gasteiger partial charge in [-0.25, -0.2) is 4.79 Å². The van der Waals surface area contributed by atoms with E-state index in [-0.39, 0.29) is 0 Å². The summed E-state index contributed by atoms with van der Waals surface area (Å²) in [6.45, 7) is 4.54. The summed E-state index contributed by atoms with van der Waals surface area (Å²) in [7, 11) is 0. The van der Waals surface area contributed by atoms with Crippen LogP contribution in [0.15, 0.2) is 35.9 Å². The number of hydrogen-bond acceptors (Lipinski definition) is 2. The number of carbonyl (C=O) groups is 1. The van der Waals surface area contributed by atoms with Crippen LogP contribution < -0.4 is 0 Å². The summed E-state index contributed by atoms with van der Waals surface area (Å²) >= 11 is 0. The van der Waals surface area contributed by atoms with Gasteiger partial charge in [0.1, 0.15) is 0 Å². The average molecular weight is 231 g/mol. The zero-order valence-electron chi connectivity index (χ0n) is 10.0. The molecule has 0 bridgehead atoms. The summed E-state index contributed by atoms with van der Waals surface area (Å²) in [4.78, 5) is 13.0. The largest absolute Gasteiger partial charge is 0.478 e. The molecule has 0 aliphatic carbocycles. The molecule has 1 heterocycles. The number of carboxylic acids is 1. The maximum atomic E-state index is 10.8. The minimum atomic E-state index is -0.778. The predicted molar refractivity (Wildman–Crippen MR) is 66.8 cm³/mol. The Balaban J connectivity index is 1.96. The van der Waals surface area contributed by atoms with Gasteiger partial charge in [0.2, 0.25) is 0 Å². The molecule has 1 aromatic carbocycles. The van der Waals surface area contributed by atoms with Crippen molar-refractivity contribution in [2.75, 3.05) is 13.1 Å². The van der Waals surface area contributed by atoms with Gasteiger partial charge in [0.05, 0.1) is 0 Å². The summed E-state index contributed by atoms with van der Waals surface area (Å²) in [5, 5.41) is 8.86. The van der Waals surface area contributed by atoms with Crippen molar-refractivity contribution in [3.05, 3.63) is 47.0 Å². The van der Waals surface area contributed by atoms with Crippen molar-refractivity contribution in [1.82, 2.24) is 4.90 Å². The molecule has 0 amide bonds. The van der Waals surface area contributed by atoms with Crippen molar-refractivity contribution in [2.45, 2.75) is 19.9 Å². The van der Waals surface area contributed by atoms with Crippen molar-refractivity contribution < 1.29 is 9.90 Å². The Kier molecular flexibility index (Phi) is 3.59. The van der Waals surface area contributed by atoms with Crippen LogP contribution in [0.1, 0.15) is 17.5 Å². The third-order valence-corrected chi connectivity index (χ3v) is 3.06. The molecule has 90 valence electrons. The van der Waals surface area contributed by atoms with Gasteiger partial charge in [-0.05, 0) is 18.9 Å². The lowest BCUT2D eigenvalue weighted by molar-refractivity contribution is -0.133. The Bertz CT molecular complexity index is 451. The molecule has 0 radical (unpaired) electrons. The van der Waals surface area contributed by atoms with Crippen molar-refractivity contribution in [2.24, 2.45) is 0 Å². The molecule has 1 aliphatic rings. The highest BCUT2D eigenvalue weighted by Gasteiger charge is 2.15. The van der Waals surface area contributed by atoms with Crippen LogP contribution in [0.4, 0.5) is 0 Å². The second-order valence-electron chi connectivity index (χ2n) is 4.51. The number of carboxylic acid groups (broad SMARTS) is 1. The van der Waals surface area contributed by atoms with Gasteiger partial charge >= 0.3 is 5.97 Å². The zero-order valence-corrected chi connectivity index (χ0v) is 10.0. The Morgan fingerprint density at radius 1 is 1.47 bits per heavy atom. The van der Waals surface area contributed by atoms with Crippen LogP contribution in [-0.4, -0.2) is 29.1 Å². The molecule has 17 heavy (non-hydrogen) atoms. The third-order valence-electron chi connectivity index (χ3n) is 3.06. The van der Waals surface area contributed by atoms with Gasteiger partial charge in [-0.15, -0.1) is 0 Å². The lowest BCUT2D eigenvalue weighted by atomic mass is 10.1. The van der Waals surface area contributed by atoms with Gasteiger partial charge in [-0.2, -0.15) is 0 Å². The van der Waals surface area contributed by atoms with Crippen molar-refractivity contribution in [1.29, 1.82) is 0 Å². The summed E-state index contributed by atoms with van der Waals surface area (Å²) in [6, 6.07) is 8.44. The fourth-order valence-electron chi connectivity index (χ4n) is 2.12. The van der Waals surface area contributed by atoms with Crippen LogP contribution in [0.2, 0.25) is 0 Å². The fraction of sp³-hybridized carbons (Fsp3) is 0.357. The van der Waals surface area contributed by atoms with Crippen molar-refractivity contribution >= 4 is 5.97 Å². The SMILES string of the molecule is Cc1cccc(CN2CC=C(C(=O)O)CC2)c1. The van der Waals surface area contributed by atoms with E-state index >= 15 is 0 Å². The monoisotopic (exact) mass is 231 g/mol. The molecular weight excluding hydrogens is 214 g/mol. The van der Waals surface area contributed by atoms with E-state index in [1.165, 1.54) is 11.1 Å². The Morgan fingerprint density at radius 2 is 2.29 bits per heavy atom. The van der Waals surface area contributed by atoms with Crippen molar-refractivity contribution in [3.63, 3.8) is 0 Å². The molecule has 2 rings (SSSR count). The topological polar surface area (TPSA) is 40.5 Å². The number of hydrogen-bond donors (Lipinski definition) is 1. The molecule has 1 aromatic rings. The van der Waals surface area contributed by atoms with Gasteiger partial charge in [-0.3, -0.25) is 4.90 Å². The molecule has 3 heteroatoms. The second-order valence-corrected chi connectivity index (χ2v) is 4.51. The molecule has 0 aromatic heterocycles. The highest BCUT2D eigenvalue weighted by atomic mass is 16.4. The van der Waals surface area contributed by atoms with E-state index in [4.69, 9.17) is 5.11 Å². The summed E-state index contributed by atoms with van der Waals surface area (Å²) in [5.41, 5.74) is 3.10. The maximum absolute atomic E-state index is 10.8. The summed E-state index contributed by atoms with van der Waals surface area (Å²) in [5.74, 6) is -0.778. The number of aliphatic carboxylic acids is 1. The molecule has 1 N–H and O–H groups in total. The molecule has 0 saturated carbocycles. The van der Waals surface area contributed by atoms with Crippen LogP contribution in [-0.2, 0) is 11.3 Å². The highest BCUT2D eigenvalue weighted by Crippen LogP contribution is 2.14. The molecule has 0 fully saturated rings. The first-order valence-electron chi connectivity index (χ1n) is 5.85. The van der Waals surface area contributed by atoms with Gasteiger partial charge in [-0.1, -0.05) is 35.9 Å². The molecule has 0 spiro atoms. The minimum absolute atomic E-state index is 0.547. The van der Waals surface area contributed by atoms with Crippen LogP contribution in [0.25, 0.3) is 0 Å². The first-order valence-corrected chi connectivity index (χ1v) is 5.85. The number of aryl methyl sites for hydroxylation is 1. The van der Waals surface area contributed by atoms with E-state index in [1.807, 2.05) is 6.08 Å². The van der Waals surface area contributed by atoms with E-state index in [2.05, 4.69) is 36.1 Å². The maximum Gasteiger partial charge on any atom is 0.331 e. The van der Waals surface area contributed by atoms with E-state index < -0.39 is 5.97 Å². The molecule has 0 unspecified atom stereocenters. The highest BCUT2D eigenvalue weighted by molar-refractivity contribution is 5.86. The zero-order chi connectivity index (χ0) is 12.3. The van der Waals surface area contributed by atoms with Crippen LogP contribution in [0, 0.1) is 6.92 Å². The fourth-order valence-corrected chi connectivity index (χ4v) is 2.12. The Labute approximate surface area is 101 Å². The Hall–Kier alpha value is -1.61. The summed E-state index contributed by atoms with van der Waals surface area (Å²) < 4.78 is 0. The van der Waals surface area contributed by atoms with Crippen LogP contribution >= 0.6 is 0 Å². The standard InChI is InChI=1S/C14H17NO2/c1-11-3-2-4-12(9-11)10-15-7-5-13(6-8-15)14(16)17/h2-5,9H,6-8,10H2,1H3,(H,16,17). The smallest absolute Gasteiger partial charge is 0.331 e. The Morgan fingerprint density at radius 3 is 2.88 bits per heavy atom. The third kappa shape index (κ3) is 3.17. The minimum Gasteiger partial charge on any atom is -0.478 e. The van der Waals surface area contributed by atoms with Gasteiger partial charge in [0, 0.05) is 25.2 Å². The van der Waals surface area contributed by atoms with E-state index in [0.29, 0.717) is 12.0 Å². The molecule has 0 saturated heterocycles. The predicted octanol–water partition coefficient (Wildman–Crippen LogP) is 2.21. The summed E-state index contributed by atoms with van der Waals surface area (Å²) in [6.07, 6.45) is 2.46. The molecule has 0 atom stereocenters. The van der Waals surface area contributed by atoms with Gasteiger partial charge < -0.3 is 5.11 Å². The number of rotatable bonds is 3. The molecule has 3 nitrogen and oxygen atoms in total. The van der Waals surface area contributed by atoms with Crippen LogP contribution in [0.5, 0.6) is 0 Å². The number of nitrogens with zero attached hydrogens (tertiary/aromatic N) is 1. The average Bonchev–Trinajstić information content (AvgIpc) is 2.29. The van der Waals surface area contributed by atoms with E-state index in [1.54, 1.807) is 0 Å². The van der Waals surface area contributed by atoms with Gasteiger partial charge in [0.15, 0.2) is 0 Å². The van der Waals surface area contributed by atoms with Crippen molar-refractivity contribution in [3.8, 4) is 0 Å².